The largest absolute Gasteiger partial charge is 0.329 e. The van der Waals surface area contributed by atoms with E-state index >= 15 is 0 Å². The number of hydrogen-bond acceptors (Lipinski definition) is 1. The van der Waals surface area contributed by atoms with Crippen LogP contribution >= 0.6 is 0 Å². The Kier molecular flexibility index (Phi) is 3.31. The molecule has 0 amide bonds. The van der Waals surface area contributed by atoms with Gasteiger partial charge in [0.1, 0.15) is 0 Å². The van der Waals surface area contributed by atoms with Gasteiger partial charge in [0, 0.05) is 17.8 Å². The van der Waals surface area contributed by atoms with Crippen molar-refractivity contribution in [3.8, 4) is 0 Å². The van der Waals surface area contributed by atoms with Crippen LogP contribution in [0.1, 0.15) is 30.0 Å². The highest BCUT2D eigenvalue weighted by Gasteiger charge is 2.45. The zero-order valence-electron chi connectivity index (χ0n) is 11.7. The number of allylic oxidation sites excluding steroid dienone is 2. The maximum atomic E-state index is 4.24. The Balaban J connectivity index is 2.15. The Labute approximate surface area is 120 Å². The Bertz CT molecular complexity index is 600. The maximum Gasteiger partial charge on any atom is 0.0951 e. The molecule has 1 aromatic heterocycles. The molecule has 3 rings (SSSR count). The van der Waals surface area contributed by atoms with Crippen LogP contribution in [-0.4, -0.2) is 9.55 Å². The van der Waals surface area contributed by atoms with E-state index in [9.17, 15) is 0 Å². The summed E-state index contributed by atoms with van der Waals surface area (Å²) < 4.78 is 2.23. The summed E-state index contributed by atoms with van der Waals surface area (Å²) in [5.74, 6) is 0. The lowest BCUT2D eigenvalue weighted by molar-refractivity contribution is 0.223. The van der Waals surface area contributed by atoms with Crippen LogP contribution in [0.5, 0.6) is 0 Å². The number of fused-ring (bicyclic) bond motifs is 1. The number of rotatable bonds is 5. The van der Waals surface area contributed by atoms with E-state index in [-0.39, 0.29) is 5.41 Å². The van der Waals surface area contributed by atoms with Gasteiger partial charge in [-0.1, -0.05) is 36.4 Å². The maximum absolute atomic E-state index is 4.24. The minimum absolute atomic E-state index is 0.133. The predicted molar refractivity (Wildman–Crippen MR) is 82.6 cm³/mol. The van der Waals surface area contributed by atoms with Crippen molar-refractivity contribution >= 4 is 0 Å². The van der Waals surface area contributed by atoms with Crippen LogP contribution in [0, 0.1) is 5.41 Å². The Morgan fingerprint density at radius 3 is 2.65 bits per heavy atom. The van der Waals surface area contributed by atoms with Crippen molar-refractivity contribution in [3.05, 3.63) is 79.4 Å². The monoisotopic (exact) mass is 264 g/mol. The van der Waals surface area contributed by atoms with E-state index in [0.717, 1.165) is 19.3 Å². The van der Waals surface area contributed by atoms with E-state index in [4.69, 9.17) is 0 Å². The van der Waals surface area contributed by atoms with Crippen molar-refractivity contribution in [2.24, 2.45) is 5.41 Å². The highest BCUT2D eigenvalue weighted by atomic mass is 15.1. The highest BCUT2D eigenvalue weighted by molar-refractivity contribution is 5.39. The molecule has 1 aliphatic rings. The van der Waals surface area contributed by atoms with Gasteiger partial charge >= 0.3 is 0 Å². The van der Waals surface area contributed by atoms with E-state index in [2.05, 4.69) is 53.2 Å². The van der Waals surface area contributed by atoms with E-state index in [0.29, 0.717) is 6.04 Å². The molecule has 1 unspecified atom stereocenters. The lowest BCUT2D eigenvalue weighted by Gasteiger charge is -2.35. The molecule has 1 heterocycles. The van der Waals surface area contributed by atoms with Crippen LogP contribution in [0.3, 0.4) is 0 Å². The molecule has 0 saturated carbocycles. The smallest absolute Gasteiger partial charge is 0.0951 e. The molecule has 0 saturated heterocycles. The summed E-state index contributed by atoms with van der Waals surface area (Å²) in [6.07, 6.45) is 13.0. The summed E-state index contributed by atoms with van der Waals surface area (Å²) >= 11 is 0. The van der Waals surface area contributed by atoms with Crippen molar-refractivity contribution in [2.75, 3.05) is 0 Å². The van der Waals surface area contributed by atoms with Gasteiger partial charge in [0.2, 0.25) is 0 Å². The molecule has 0 N–H and O–H groups in total. The molecule has 1 aliphatic carbocycles. The number of benzene rings is 1. The standard InChI is InChI=1S/C18H20N2/c1-3-9-18(10-4-2)13-15-7-5-6-8-16(15)17(18)20-12-11-19-14-20/h3-8,11-12,14,17H,1-2,9-10,13H2. The van der Waals surface area contributed by atoms with Gasteiger partial charge in [0.25, 0.3) is 0 Å². The van der Waals surface area contributed by atoms with Crippen LogP contribution < -0.4 is 0 Å². The van der Waals surface area contributed by atoms with Crippen molar-refractivity contribution in [2.45, 2.75) is 25.3 Å². The minimum Gasteiger partial charge on any atom is -0.329 e. The number of hydrogen-bond donors (Lipinski definition) is 0. The van der Waals surface area contributed by atoms with E-state index in [1.54, 1.807) is 0 Å². The Morgan fingerprint density at radius 2 is 2.00 bits per heavy atom. The topological polar surface area (TPSA) is 17.8 Å². The van der Waals surface area contributed by atoms with Gasteiger partial charge in [-0.25, -0.2) is 4.98 Å². The summed E-state index contributed by atoms with van der Waals surface area (Å²) in [5, 5.41) is 0. The van der Waals surface area contributed by atoms with Crippen LogP contribution in [-0.2, 0) is 6.42 Å². The van der Waals surface area contributed by atoms with Crippen LogP contribution in [0.4, 0.5) is 0 Å². The molecule has 0 aliphatic heterocycles. The lowest BCUT2D eigenvalue weighted by atomic mass is 9.75. The normalized spacial score (nSPS) is 19.5. The number of imidazole rings is 1. The van der Waals surface area contributed by atoms with Crippen molar-refractivity contribution in [1.29, 1.82) is 0 Å². The summed E-state index contributed by atoms with van der Waals surface area (Å²) in [5.41, 5.74) is 2.98. The minimum atomic E-state index is 0.133. The lowest BCUT2D eigenvalue weighted by Crippen LogP contribution is -2.29. The molecular weight excluding hydrogens is 244 g/mol. The highest BCUT2D eigenvalue weighted by Crippen LogP contribution is 2.52. The molecule has 2 aromatic rings. The van der Waals surface area contributed by atoms with Gasteiger partial charge < -0.3 is 4.57 Å². The average Bonchev–Trinajstić information content (AvgIpc) is 3.04. The van der Waals surface area contributed by atoms with E-state index in [1.807, 2.05) is 24.7 Å². The summed E-state index contributed by atoms with van der Waals surface area (Å²) in [6.45, 7) is 7.94. The molecule has 2 nitrogen and oxygen atoms in total. The first-order chi connectivity index (χ1) is 9.80. The molecule has 1 aromatic carbocycles. The van der Waals surface area contributed by atoms with Crippen LogP contribution in [0.25, 0.3) is 0 Å². The second-order valence-corrected chi connectivity index (χ2v) is 5.64. The van der Waals surface area contributed by atoms with Crippen molar-refractivity contribution < 1.29 is 0 Å². The average molecular weight is 264 g/mol. The molecule has 0 radical (unpaired) electrons. The molecule has 0 fully saturated rings. The number of aromatic nitrogens is 2. The summed E-state index contributed by atoms with van der Waals surface area (Å²) in [6, 6.07) is 9.06. The van der Waals surface area contributed by atoms with Crippen molar-refractivity contribution in [1.82, 2.24) is 9.55 Å². The van der Waals surface area contributed by atoms with Gasteiger partial charge in [-0.05, 0) is 30.4 Å². The first kappa shape index (κ1) is 12.9. The van der Waals surface area contributed by atoms with Gasteiger partial charge in [0.15, 0.2) is 0 Å². The summed E-state index contributed by atoms with van der Waals surface area (Å²) in [4.78, 5) is 4.24. The molecule has 102 valence electrons. The predicted octanol–water partition coefficient (Wildman–Crippen LogP) is 4.17. The third-order valence-electron chi connectivity index (χ3n) is 4.40. The first-order valence-corrected chi connectivity index (χ1v) is 7.08. The second-order valence-electron chi connectivity index (χ2n) is 5.64. The molecular formula is C18H20N2. The zero-order chi connectivity index (χ0) is 14.0. The molecule has 1 atom stereocenters. The fraction of sp³-hybridized carbons (Fsp3) is 0.278. The summed E-state index contributed by atoms with van der Waals surface area (Å²) in [7, 11) is 0. The van der Waals surface area contributed by atoms with Crippen LogP contribution in [0.2, 0.25) is 0 Å². The third kappa shape index (κ3) is 1.92. The van der Waals surface area contributed by atoms with Gasteiger partial charge in [-0.2, -0.15) is 0 Å². The molecule has 0 bridgehead atoms. The molecule has 20 heavy (non-hydrogen) atoms. The van der Waals surface area contributed by atoms with Gasteiger partial charge in [-0.15, -0.1) is 13.2 Å². The fourth-order valence-corrected chi connectivity index (χ4v) is 3.69. The zero-order valence-corrected chi connectivity index (χ0v) is 11.7. The fourth-order valence-electron chi connectivity index (χ4n) is 3.69. The van der Waals surface area contributed by atoms with E-state index < -0.39 is 0 Å². The third-order valence-corrected chi connectivity index (χ3v) is 4.40. The van der Waals surface area contributed by atoms with Gasteiger partial charge in [0.05, 0.1) is 12.4 Å². The Hall–Kier alpha value is -2.09. The number of nitrogens with zero attached hydrogens (tertiary/aromatic N) is 2. The van der Waals surface area contributed by atoms with Crippen LogP contribution in [0.15, 0.2) is 68.3 Å². The second kappa shape index (κ2) is 5.12. The first-order valence-electron chi connectivity index (χ1n) is 7.08. The van der Waals surface area contributed by atoms with Crippen molar-refractivity contribution in [3.63, 3.8) is 0 Å². The van der Waals surface area contributed by atoms with E-state index in [1.165, 1.54) is 11.1 Å². The Morgan fingerprint density at radius 1 is 1.25 bits per heavy atom. The molecule has 2 heteroatoms. The van der Waals surface area contributed by atoms with Gasteiger partial charge in [-0.3, -0.25) is 0 Å². The SMILES string of the molecule is C=CCC1(CC=C)Cc2ccccc2C1n1ccnc1. The molecule has 0 spiro atoms. The quantitative estimate of drug-likeness (QED) is 0.741.